The van der Waals surface area contributed by atoms with Gasteiger partial charge in [0.1, 0.15) is 5.69 Å². The van der Waals surface area contributed by atoms with Crippen LogP contribution in [0.4, 0.5) is 0 Å². The lowest BCUT2D eigenvalue weighted by molar-refractivity contribution is -0.129. The van der Waals surface area contributed by atoms with Gasteiger partial charge in [0.15, 0.2) is 5.75 Å². The number of carbonyl (C=O) groups is 2. The minimum Gasteiger partial charge on any atom is -0.419 e. The molecular weight excluding hydrogens is 318 g/mol. The summed E-state index contributed by atoms with van der Waals surface area (Å²) in [6, 6.07) is 7.43. The van der Waals surface area contributed by atoms with Gasteiger partial charge in [0.05, 0.1) is 5.69 Å². The van der Waals surface area contributed by atoms with Crippen LogP contribution in [-0.2, 0) is 11.8 Å². The van der Waals surface area contributed by atoms with Crippen molar-refractivity contribution in [2.75, 3.05) is 0 Å². The average molecular weight is 339 g/mol. The third-order valence-electron chi connectivity index (χ3n) is 4.14. The molecule has 0 saturated heterocycles. The Labute approximate surface area is 146 Å². The Morgan fingerprint density at radius 1 is 1.24 bits per heavy atom. The number of benzene rings is 1. The molecule has 0 aliphatic heterocycles. The fraction of sp³-hybridized carbons (Fsp3) is 0.316. The summed E-state index contributed by atoms with van der Waals surface area (Å²) in [5.74, 6) is -0.0287. The molecule has 0 radical (unpaired) electrons. The van der Waals surface area contributed by atoms with Gasteiger partial charge >= 0.3 is 5.97 Å². The number of nitrogens with zero attached hydrogens (tertiary/aromatic N) is 2. The maximum absolute atomic E-state index is 12.0. The Morgan fingerprint density at radius 2 is 1.92 bits per heavy atom. The lowest BCUT2D eigenvalue weighted by Crippen LogP contribution is -2.25. The second kappa shape index (κ2) is 6.93. The summed E-state index contributed by atoms with van der Waals surface area (Å²) in [6.45, 7) is 3.64. The molecule has 1 aromatic heterocycles. The van der Waals surface area contributed by atoms with Gasteiger partial charge in [-0.05, 0) is 50.5 Å². The van der Waals surface area contributed by atoms with Crippen molar-refractivity contribution in [1.29, 1.82) is 0 Å². The molecule has 0 unspecified atom stereocenters. The number of hydrogen-bond acceptors (Lipinski definition) is 4. The zero-order valence-electron chi connectivity index (χ0n) is 14.6. The van der Waals surface area contributed by atoms with Gasteiger partial charge in [-0.2, -0.15) is 5.10 Å². The van der Waals surface area contributed by atoms with E-state index in [4.69, 9.17) is 4.74 Å². The van der Waals surface area contributed by atoms with Crippen LogP contribution in [0.15, 0.2) is 30.3 Å². The lowest BCUT2D eigenvalue weighted by atomic mass is 10.1. The van der Waals surface area contributed by atoms with Gasteiger partial charge in [-0.25, -0.2) is 4.79 Å². The Balaban J connectivity index is 1.61. The highest BCUT2D eigenvalue weighted by Gasteiger charge is 2.23. The highest BCUT2D eigenvalue weighted by atomic mass is 16.5. The topological polar surface area (TPSA) is 73.2 Å². The van der Waals surface area contributed by atoms with Crippen LogP contribution >= 0.6 is 0 Å². The maximum atomic E-state index is 12.0. The van der Waals surface area contributed by atoms with E-state index in [9.17, 15) is 9.59 Å². The SMILES string of the molecule is Cc1nn(C)c(C)c1OC(=O)/C=C/c1ccc(C(=O)NC2CC2)cc1. The van der Waals surface area contributed by atoms with Crippen LogP contribution in [0.3, 0.4) is 0 Å². The third kappa shape index (κ3) is 4.15. The lowest BCUT2D eigenvalue weighted by Gasteiger charge is -2.03. The molecule has 0 bridgehead atoms. The quantitative estimate of drug-likeness (QED) is 0.671. The molecule has 1 amide bonds. The second-order valence-corrected chi connectivity index (χ2v) is 6.25. The Bertz CT molecular complexity index is 830. The highest BCUT2D eigenvalue weighted by Crippen LogP contribution is 2.22. The van der Waals surface area contributed by atoms with Crippen LogP contribution in [0.1, 0.15) is 40.2 Å². The van der Waals surface area contributed by atoms with Crippen molar-refractivity contribution in [1.82, 2.24) is 15.1 Å². The molecule has 1 saturated carbocycles. The summed E-state index contributed by atoms with van der Waals surface area (Å²) in [6.07, 6.45) is 5.15. The van der Waals surface area contributed by atoms with E-state index in [-0.39, 0.29) is 5.91 Å². The molecule has 1 aromatic carbocycles. The third-order valence-corrected chi connectivity index (χ3v) is 4.14. The molecule has 1 aliphatic rings. The Morgan fingerprint density at radius 3 is 2.48 bits per heavy atom. The van der Waals surface area contributed by atoms with E-state index >= 15 is 0 Å². The van der Waals surface area contributed by atoms with Gasteiger partial charge in [0.25, 0.3) is 5.91 Å². The normalized spacial score (nSPS) is 13.9. The van der Waals surface area contributed by atoms with Gasteiger partial charge in [-0.15, -0.1) is 0 Å². The van der Waals surface area contributed by atoms with Gasteiger partial charge < -0.3 is 10.1 Å². The monoisotopic (exact) mass is 339 g/mol. The number of ether oxygens (including phenoxy) is 1. The van der Waals surface area contributed by atoms with Gasteiger partial charge in [0, 0.05) is 24.7 Å². The first kappa shape index (κ1) is 17.0. The van der Waals surface area contributed by atoms with Crippen LogP contribution in [0, 0.1) is 13.8 Å². The predicted octanol–water partition coefficient (Wildman–Crippen LogP) is 2.55. The summed E-state index contributed by atoms with van der Waals surface area (Å²) >= 11 is 0. The smallest absolute Gasteiger partial charge is 0.336 e. The van der Waals surface area contributed by atoms with Crippen molar-refractivity contribution in [2.45, 2.75) is 32.7 Å². The van der Waals surface area contributed by atoms with E-state index in [1.807, 2.05) is 6.92 Å². The van der Waals surface area contributed by atoms with Crippen LogP contribution in [0.5, 0.6) is 5.75 Å². The van der Waals surface area contributed by atoms with Crippen molar-refractivity contribution >= 4 is 18.0 Å². The molecule has 6 heteroatoms. The number of aromatic nitrogens is 2. The van der Waals surface area contributed by atoms with Crippen molar-refractivity contribution in [3.05, 3.63) is 52.9 Å². The molecule has 6 nitrogen and oxygen atoms in total. The van der Waals surface area contributed by atoms with E-state index in [2.05, 4.69) is 10.4 Å². The first-order valence-electron chi connectivity index (χ1n) is 8.25. The molecule has 3 rings (SSSR count). The molecule has 1 fully saturated rings. The molecule has 130 valence electrons. The highest BCUT2D eigenvalue weighted by molar-refractivity contribution is 5.95. The Hall–Kier alpha value is -2.89. The molecule has 0 spiro atoms. The number of hydrogen-bond donors (Lipinski definition) is 1. The van der Waals surface area contributed by atoms with E-state index in [0.717, 1.165) is 24.1 Å². The van der Waals surface area contributed by atoms with Crippen LogP contribution < -0.4 is 10.1 Å². The summed E-state index contributed by atoms with van der Waals surface area (Å²) in [5.41, 5.74) is 2.91. The number of esters is 1. The van der Waals surface area contributed by atoms with Crippen molar-refractivity contribution in [3.63, 3.8) is 0 Å². The fourth-order valence-electron chi connectivity index (χ4n) is 2.44. The molecule has 2 aromatic rings. The average Bonchev–Trinajstić information content (AvgIpc) is 3.37. The number of amides is 1. The molecule has 25 heavy (non-hydrogen) atoms. The van der Waals surface area contributed by atoms with Crippen LogP contribution in [-0.4, -0.2) is 27.7 Å². The summed E-state index contributed by atoms with van der Waals surface area (Å²) < 4.78 is 7.03. The number of carbonyl (C=O) groups excluding carboxylic acids is 2. The minimum absolute atomic E-state index is 0.0556. The fourth-order valence-corrected chi connectivity index (χ4v) is 2.44. The van der Waals surface area contributed by atoms with E-state index in [0.29, 0.717) is 23.0 Å². The molecular formula is C19H21N3O3. The summed E-state index contributed by atoms with van der Waals surface area (Å²) in [4.78, 5) is 23.9. The van der Waals surface area contributed by atoms with Gasteiger partial charge in [0.2, 0.25) is 0 Å². The molecule has 0 atom stereocenters. The van der Waals surface area contributed by atoms with Gasteiger partial charge in [-0.1, -0.05) is 12.1 Å². The standard InChI is InChI=1S/C19H21N3O3/c1-12-18(13(2)22(3)21-12)25-17(23)11-6-14-4-7-15(8-5-14)19(24)20-16-9-10-16/h4-8,11,16H,9-10H2,1-3H3,(H,20,24)/b11-6+. The zero-order chi connectivity index (χ0) is 18.0. The second-order valence-electron chi connectivity index (χ2n) is 6.25. The Kier molecular flexibility index (Phi) is 4.70. The van der Waals surface area contributed by atoms with E-state index < -0.39 is 5.97 Å². The van der Waals surface area contributed by atoms with Crippen molar-refractivity contribution < 1.29 is 14.3 Å². The van der Waals surface area contributed by atoms with E-state index in [1.165, 1.54) is 6.08 Å². The maximum Gasteiger partial charge on any atom is 0.336 e. The summed E-state index contributed by atoms with van der Waals surface area (Å²) in [5, 5.41) is 7.15. The van der Waals surface area contributed by atoms with E-state index in [1.54, 1.807) is 49.0 Å². The first-order chi connectivity index (χ1) is 11.9. The van der Waals surface area contributed by atoms with Crippen molar-refractivity contribution in [3.8, 4) is 5.75 Å². The number of rotatable bonds is 5. The predicted molar refractivity (Wildman–Crippen MR) is 94.3 cm³/mol. The van der Waals surface area contributed by atoms with Crippen LogP contribution in [0.25, 0.3) is 6.08 Å². The molecule has 1 N–H and O–H groups in total. The summed E-state index contributed by atoms with van der Waals surface area (Å²) in [7, 11) is 1.80. The number of nitrogens with one attached hydrogen (secondary N) is 1. The largest absolute Gasteiger partial charge is 0.419 e. The minimum atomic E-state index is -0.463. The molecule has 1 heterocycles. The number of aryl methyl sites for hydroxylation is 2. The van der Waals surface area contributed by atoms with Crippen molar-refractivity contribution in [2.24, 2.45) is 7.05 Å². The van der Waals surface area contributed by atoms with Crippen LogP contribution in [0.2, 0.25) is 0 Å². The van der Waals surface area contributed by atoms with Gasteiger partial charge in [-0.3, -0.25) is 9.48 Å². The molecule has 1 aliphatic carbocycles. The first-order valence-corrected chi connectivity index (χ1v) is 8.25. The zero-order valence-corrected chi connectivity index (χ0v) is 14.6.